The Kier molecular flexibility index (Phi) is 9.31. The molecule has 0 aromatic heterocycles. The lowest BCUT2D eigenvalue weighted by atomic mass is 10.0. The first-order valence-electron chi connectivity index (χ1n) is 17.7. The first kappa shape index (κ1) is 32.4. The molecule has 0 amide bonds. The minimum atomic E-state index is 1.08. The first-order valence-corrected chi connectivity index (χ1v) is 17.7. The third-order valence-corrected chi connectivity index (χ3v) is 9.33. The highest BCUT2D eigenvalue weighted by molar-refractivity contribution is 5.85. The third-order valence-electron chi connectivity index (χ3n) is 9.33. The minimum Gasteiger partial charge on any atom is -0.311 e. The van der Waals surface area contributed by atoms with Crippen LogP contribution in [-0.4, -0.2) is 0 Å². The predicted molar refractivity (Wildman–Crippen MR) is 221 cm³/mol. The van der Waals surface area contributed by atoms with Crippen LogP contribution in [0.15, 0.2) is 218 Å². The summed E-state index contributed by atoms with van der Waals surface area (Å²) in [4.78, 5) is 6.96. The Morgan fingerprint density at radius 1 is 0.250 bits per heavy atom. The Bertz CT molecular complexity index is 2120. The molecular weight excluding hydrogens is 631 g/mol. The van der Waals surface area contributed by atoms with E-state index in [4.69, 9.17) is 0 Å². The van der Waals surface area contributed by atoms with Crippen LogP contribution < -0.4 is 14.7 Å². The van der Waals surface area contributed by atoms with E-state index in [1.807, 2.05) is 0 Å². The van der Waals surface area contributed by atoms with Gasteiger partial charge in [-0.25, -0.2) is 0 Å². The summed E-state index contributed by atoms with van der Waals surface area (Å²) in [7, 11) is 0. The molecule has 0 aliphatic carbocycles. The summed E-state index contributed by atoms with van der Waals surface area (Å²) in [6.45, 7) is 2.20. The molecule has 0 bridgehead atoms. The average Bonchev–Trinajstić information content (AvgIpc) is 3.22. The maximum absolute atomic E-state index is 2.36. The third kappa shape index (κ3) is 6.81. The standard InChI is InChI=1S/C49H39N3/c1-38-37-40(39-17-7-2-8-18-39)27-36-49(38)52(47-32-28-45(29-33-47)50(41-19-9-3-10-20-41)42-21-11-4-12-22-42)48-34-30-46(31-35-48)51(43-23-13-5-14-24-43)44-25-15-6-16-26-44/h2-37H,1H3. The number of anilines is 9. The van der Waals surface area contributed by atoms with Gasteiger partial charge in [-0.05, 0) is 133 Å². The predicted octanol–water partition coefficient (Wildman–Crippen LogP) is 14.1. The zero-order valence-corrected chi connectivity index (χ0v) is 29.1. The van der Waals surface area contributed by atoms with E-state index < -0.39 is 0 Å². The Morgan fingerprint density at radius 3 is 0.865 bits per heavy atom. The number of hydrogen-bond acceptors (Lipinski definition) is 3. The summed E-state index contributed by atoms with van der Waals surface area (Å²) >= 11 is 0. The van der Waals surface area contributed by atoms with Crippen molar-refractivity contribution in [2.24, 2.45) is 0 Å². The van der Waals surface area contributed by atoms with E-state index in [0.717, 1.165) is 51.2 Å². The van der Waals surface area contributed by atoms with Gasteiger partial charge in [0, 0.05) is 51.2 Å². The molecule has 0 aliphatic rings. The fraction of sp³-hybridized carbons (Fsp3) is 0.0204. The van der Waals surface area contributed by atoms with Crippen LogP contribution in [0.3, 0.4) is 0 Å². The van der Waals surface area contributed by atoms with Crippen LogP contribution in [0.4, 0.5) is 51.2 Å². The second-order valence-electron chi connectivity index (χ2n) is 12.7. The van der Waals surface area contributed by atoms with Crippen molar-refractivity contribution in [2.75, 3.05) is 14.7 Å². The lowest BCUT2D eigenvalue weighted by molar-refractivity contribution is 1.23. The van der Waals surface area contributed by atoms with Gasteiger partial charge in [-0.2, -0.15) is 0 Å². The molecule has 8 aromatic rings. The molecule has 0 heterocycles. The number of aryl methyl sites for hydroxylation is 1. The summed E-state index contributed by atoms with van der Waals surface area (Å²) in [5.41, 5.74) is 13.5. The summed E-state index contributed by atoms with van der Waals surface area (Å²) < 4.78 is 0. The lowest BCUT2D eigenvalue weighted by Crippen LogP contribution is -2.14. The molecule has 0 saturated heterocycles. The van der Waals surface area contributed by atoms with Crippen molar-refractivity contribution in [2.45, 2.75) is 6.92 Å². The number of nitrogens with zero attached hydrogens (tertiary/aromatic N) is 3. The van der Waals surface area contributed by atoms with Crippen LogP contribution in [0.2, 0.25) is 0 Å². The van der Waals surface area contributed by atoms with Crippen molar-refractivity contribution in [3.63, 3.8) is 0 Å². The van der Waals surface area contributed by atoms with Gasteiger partial charge >= 0.3 is 0 Å². The molecule has 52 heavy (non-hydrogen) atoms. The zero-order chi connectivity index (χ0) is 35.1. The van der Waals surface area contributed by atoms with Crippen LogP contribution in [0.25, 0.3) is 11.1 Å². The second kappa shape index (κ2) is 15.0. The SMILES string of the molecule is Cc1cc(-c2ccccc2)ccc1N(c1ccc(N(c2ccccc2)c2ccccc2)cc1)c1ccc(N(c2ccccc2)c2ccccc2)cc1. The fourth-order valence-corrected chi connectivity index (χ4v) is 6.85. The van der Waals surface area contributed by atoms with E-state index in [-0.39, 0.29) is 0 Å². The van der Waals surface area contributed by atoms with Crippen molar-refractivity contribution in [3.8, 4) is 11.1 Å². The molecule has 3 heteroatoms. The highest BCUT2D eigenvalue weighted by atomic mass is 15.2. The molecule has 0 N–H and O–H groups in total. The number of hydrogen-bond donors (Lipinski definition) is 0. The normalized spacial score (nSPS) is 10.8. The Balaban J connectivity index is 1.21. The van der Waals surface area contributed by atoms with E-state index in [1.54, 1.807) is 0 Å². The van der Waals surface area contributed by atoms with Crippen LogP contribution in [0, 0.1) is 6.92 Å². The van der Waals surface area contributed by atoms with Crippen molar-refractivity contribution >= 4 is 51.2 Å². The maximum atomic E-state index is 2.36. The smallest absolute Gasteiger partial charge is 0.0491 e. The molecule has 0 unspecified atom stereocenters. The average molecular weight is 670 g/mol. The molecule has 0 atom stereocenters. The summed E-state index contributed by atoms with van der Waals surface area (Å²) in [6.07, 6.45) is 0. The molecule has 0 spiro atoms. The zero-order valence-electron chi connectivity index (χ0n) is 29.1. The van der Waals surface area contributed by atoms with Crippen LogP contribution in [0.5, 0.6) is 0 Å². The van der Waals surface area contributed by atoms with Gasteiger partial charge in [-0.1, -0.05) is 109 Å². The monoisotopic (exact) mass is 669 g/mol. The molecule has 250 valence electrons. The minimum absolute atomic E-state index is 1.08. The van der Waals surface area contributed by atoms with Gasteiger partial charge in [0.1, 0.15) is 0 Å². The van der Waals surface area contributed by atoms with Crippen molar-refractivity contribution < 1.29 is 0 Å². The van der Waals surface area contributed by atoms with Crippen LogP contribution in [0.1, 0.15) is 5.56 Å². The fourth-order valence-electron chi connectivity index (χ4n) is 6.85. The van der Waals surface area contributed by atoms with Gasteiger partial charge in [0.2, 0.25) is 0 Å². The summed E-state index contributed by atoms with van der Waals surface area (Å²) in [5.74, 6) is 0. The molecule has 0 radical (unpaired) electrons. The Hall–Kier alpha value is -6.84. The molecular formula is C49H39N3. The Morgan fingerprint density at radius 2 is 0.538 bits per heavy atom. The van der Waals surface area contributed by atoms with Gasteiger partial charge in [-0.3, -0.25) is 0 Å². The van der Waals surface area contributed by atoms with Gasteiger partial charge in [0.15, 0.2) is 0 Å². The molecule has 3 nitrogen and oxygen atoms in total. The van der Waals surface area contributed by atoms with E-state index >= 15 is 0 Å². The van der Waals surface area contributed by atoms with Crippen LogP contribution in [-0.2, 0) is 0 Å². The topological polar surface area (TPSA) is 9.72 Å². The van der Waals surface area contributed by atoms with E-state index in [0.29, 0.717) is 0 Å². The van der Waals surface area contributed by atoms with Gasteiger partial charge < -0.3 is 14.7 Å². The molecule has 0 saturated carbocycles. The highest BCUT2D eigenvalue weighted by Crippen LogP contribution is 2.42. The van der Waals surface area contributed by atoms with Crippen molar-refractivity contribution in [3.05, 3.63) is 224 Å². The largest absolute Gasteiger partial charge is 0.311 e. The molecule has 8 aromatic carbocycles. The second-order valence-corrected chi connectivity index (χ2v) is 12.7. The van der Waals surface area contributed by atoms with E-state index in [2.05, 4.69) is 240 Å². The number of benzene rings is 8. The van der Waals surface area contributed by atoms with Gasteiger partial charge in [0.05, 0.1) is 0 Å². The molecule has 8 rings (SSSR count). The van der Waals surface area contributed by atoms with Crippen molar-refractivity contribution in [1.82, 2.24) is 0 Å². The quantitative estimate of drug-likeness (QED) is 0.143. The highest BCUT2D eigenvalue weighted by Gasteiger charge is 2.19. The molecule has 0 fully saturated rings. The van der Waals surface area contributed by atoms with Gasteiger partial charge in [0.25, 0.3) is 0 Å². The Labute approximate surface area is 306 Å². The maximum Gasteiger partial charge on any atom is 0.0491 e. The van der Waals surface area contributed by atoms with E-state index in [1.165, 1.54) is 16.7 Å². The van der Waals surface area contributed by atoms with E-state index in [9.17, 15) is 0 Å². The van der Waals surface area contributed by atoms with Crippen LogP contribution >= 0.6 is 0 Å². The first-order chi connectivity index (χ1) is 25.7. The lowest BCUT2D eigenvalue weighted by Gasteiger charge is -2.30. The summed E-state index contributed by atoms with van der Waals surface area (Å²) in [6, 6.07) is 77.3. The van der Waals surface area contributed by atoms with Crippen molar-refractivity contribution in [1.29, 1.82) is 0 Å². The number of para-hydroxylation sites is 4. The summed E-state index contributed by atoms with van der Waals surface area (Å²) in [5, 5.41) is 0. The molecule has 0 aliphatic heterocycles. The van der Waals surface area contributed by atoms with Gasteiger partial charge in [-0.15, -0.1) is 0 Å². The number of rotatable bonds is 10.